The predicted octanol–water partition coefficient (Wildman–Crippen LogP) is 17.8. The Morgan fingerprint density at radius 2 is 0.779 bits per heavy atom. The van der Waals surface area contributed by atoms with Gasteiger partial charge in [-0.1, -0.05) is 198 Å². The lowest BCUT2D eigenvalue weighted by Gasteiger charge is -2.12. The number of carbonyl (C=O) groups excluding carboxylic acids is 1. The fourth-order valence-electron chi connectivity index (χ4n) is 9.25. The summed E-state index contributed by atoms with van der Waals surface area (Å²) in [6.45, 7) is 4.51. The molecule has 2 heterocycles. The summed E-state index contributed by atoms with van der Waals surface area (Å²) in [6.07, 6.45) is 21.7. The normalized spacial score (nSPS) is 11.6. The van der Waals surface area contributed by atoms with Gasteiger partial charge in [0.15, 0.2) is 0 Å². The van der Waals surface area contributed by atoms with Gasteiger partial charge in [-0.15, -0.1) is 0 Å². The Morgan fingerprint density at radius 1 is 0.368 bits per heavy atom. The summed E-state index contributed by atoms with van der Waals surface area (Å²) in [5, 5.41) is 2.19. The number of aryl methyl sites for hydroxylation is 2. The number of benzene rings is 7. The smallest absolute Gasteiger partial charge is 0.150 e. The van der Waals surface area contributed by atoms with E-state index in [0.29, 0.717) is 5.56 Å². The largest absolute Gasteiger partial charge is 0.298 e. The average molecular weight is 885 g/mol. The van der Waals surface area contributed by atoms with Crippen LogP contribution in [0.5, 0.6) is 0 Å². The Hall–Kier alpha value is -7.49. The first-order valence-corrected chi connectivity index (χ1v) is 24.7. The summed E-state index contributed by atoms with van der Waals surface area (Å²) in [6, 6.07) is 62.5. The monoisotopic (exact) mass is 884 g/mol. The first-order chi connectivity index (χ1) is 33.5. The van der Waals surface area contributed by atoms with Crippen LogP contribution < -0.4 is 0 Å². The summed E-state index contributed by atoms with van der Waals surface area (Å²) in [5.41, 5.74) is 18.1. The van der Waals surface area contributed by atoms with Crippen molar-refractivity contribution >= 4 is 52.4 Å². The van der Waals surface area contributed by atoms with Crippen LogP contribution in [0.2, 0.25) is 0 Å². The maximum Gasteiger partial charge on any atom is 0.150 e. The number of fused-ring (bicyclic) bond motifs is 2. The van der Waals surface area contributed by atoms with E-state index in [-0.39, 0.29) is 0 Å². The summed E-state index contributed by atoms with van der Waals surface area (Å²) in [5.74, 6) is 0. The highest BCUT2D eigenvalue weighted by atomic mass is 16.1. The first kappa shape index (κ1) is 45.7. The zero-order valence-electron chi connectivity index (χ0n) is 39.5. The lowest BCUT2D eigenvalue weighted by atomic mass is 9.96. The SMILES string of the molecule is CCCCCCc1ccc(-c2cc(-c3ccccc3)c3cc(/C=C/c4cc(C=O)cc(/C=C/c5ccc6nc(-c7ccc(CCCCCC)cc7)cc(-c7ccccc7)c6c5)c4)ccc3n2)cc1. The van der Waals surface area contributed by atoms with Gasteiger partial charge in [0, 0.05) is 27.5 Å². The van der Waals surface area contributed by atoms with Crippen molar-refractivity contribution in [2.24, 2.45) is 0 Å². The van der Waals surface area contributed by atoms with Crippen molar-refractivity contribution in [2.45, 2.75) is 78.1 Å². The van der Waals surface area contributed by atoms with Gasteiger partial charge < -0.3 is 0 Å². The van der Waals surface area contributed by atoms with Crippen LogP contribution in [0.1, 0.15) is 109 Å². The second-order valence-corrected chi connectivity index (χ2v) is 18.1. The summed E-state index contributed by atoms with van der Waals surface area (Å²) < 4.78 is 0. The van der Waals surface area contributed by atoms with E-state index in [1.807, 2.05) is 12.1 Å². The van der Waals surface area contributed by atoms with Gasteiger partial charge in [0.25, 0.3) is 0 Å². The van der Waals surface area contributed by atoms with Crippen molar-refractivity contribution in [1.29, 1.82) is 0 Å². The number of hydrogen-bond donors (Lipinski definition) is 0. The lowest BCUT2D eigenvalue weighted by molar-refractivity contribution is 0.112. The Bertz CT molecular complexity index is 2970. The third kappa shape index (κ3) is 11.4. The number of aldehydes is 1. The zero-order valence-corrected chi connectivity index (χ0v) is 39.5. The van der Waals surface area contributed by atoms with E-state index in [0.717, 1.165) is 108 Å². The van der Waals surface area contributed by atoms with Crippen LogP contribution in [0.3, 0.4) is 0 Å². The summed E-state index contributed by atoms with van der Waals surface area (Å²) in [4.78, 5) is 22.6. The Labute approximate surface area is 403 Å². The molecule has 3 heteroatoms. The van der Waals surface area contributed by atoms with Crippen molar-refractivity contribution < 1.29 is 4.79 Å². The fourth-order valence-corrected chi connectivity index (χ4v) is 9.25. The van der Waals surface area contributed by atoms with Crippen LogP contribution in [0.4, 0.5) is 0 Å². The molecule has 0 bridgehead atoms. The molecule has 0 atom stereocenters. The molecule has 0 N–H and O–H groups in total. The highest BCUT2D eigenvalue weighted by Gasteiger charge is 2.13. The molecule has 2 aromatic heterocycles. The number of unbranched alkanes of at least 4 members (excludes halogenated alkanes) is 6. The number of pyridine rings is 2. The molecule has 0 unspecified atom stereocenters. The van der Waals surface area contributed by atoms with Crippen LogP contribution in [0, 0.1) is 0 Å². The third-order valence-electron chi connectivity index (χ3n) is 13.0. The summed E-state index contributed by atoms with van der Waals surface area (Å²) in [7, 11) is 0. The van der Waals surface area contributed by atoms with Gasteiger partial charge >= 0.3 is 0 Å². The molecule has 0 radical (unpaired) electrons. The van der Waals surface area contributed by atoms with Crippen LogP contribution in [0.25, 0.3) is 90.9 Å². The van der Waals surface area contributed by atoms with Gasteiger partial charge in [-0.25, -0.2) is 9.97 Å². The van der Waals surface area contributed by atoms with Crippen LogP contribution in [-0.4, -0.2) is 16.3 Å². The molecule has 0 aliphatic carbocycles. The Balaban J connectivity index is 0.974. The van der Waals surface area contributed by atoms with Gasteiger partial charge in [0.2, 0.25) is 0 Å². The number of aromatic nitrogens is 2. The van der Waals surface area contributed by atoms with Gasteiger partial charge in [-0.2, -0.15) is 0 Å². The maximum atomic E-state index is 12.3. The predicted molar refractivity (Wildman–Crippen MR) is 291 cm³/mol. The first-order valence-electron chi connectivity index (χ1n) is 24.7. The molecule has 0 aliphatic rings. The van der Waals surface area contributed by atoms with Gasteiger partial charge in [-0.3, -0.25) is 4.79 Å². The van der Waals surface area contributed by atoms with Crippen molar-refractivity contribution in [3.05, 3.63) is 215 Å². The molecule has 336 valence electrons. The van der Waals surface area contributed by atoms with E-state index in [1.54, 1.807) is 0 Å². The van der Waals surface area contributed by atoms with Crippen molar-refractivity contribution in [3.8, 4) is 44.8 Å². The second-order valence-electron chi connectivity index (χ2n) is 18.1. The highest BCUT2D eigenvalue weighted by Crippen LogP contribution is 2.35. The van der Waals surface area contributed by atoms with Gasteiger partial charge in [0.05, 0.1) is 22.4 Å². The molecule has 0 saturated heterocycles. The standard InChI is InChI=1S/C65H60N2O/c1-3-5-7-11-17-47-27-33-56(34-28-47)64-44-58(54-19-13-9-14-20-54)60-42-49(31-37-62(60)66-64)23-25-51-39-52(41-53(40-51)46-68)26-24-50-32-38-63-61(43-50)59(55-21-15-10-16-22-55)45-65(67-63)57-35-29-48(30-36-57)18-12-8-6-4-2/h9-10,13-16,19-46H,3-8,11-12,17-18H2,1-2H3/b25-23+,26-24+. The molecule has 0 fully saturated rings. The van der Waals surface area contributed by atoms with Crippen molar-refractivity contribution in [2.75, 3.05) is 0 Å². The Morgan fingerprint density at radius 3 is 1.19 bits per heavy atom. The molecule has 7 aromatic carbocycles. The minimum absolute atomic E-state index is 0.629. The van der Waals surface area contributed by atoms with Crippen LogP contribution >= 0.6 is 0 Å². The minimum atomic E-state index is 0.629. The molecule has 68 heavy (non-hydrogen) atoms. The highest BCUT2D eigenvalue weighted by molar-refractivity contribution is 5.99. The molecular formula is C65H60N2O. The molecule has 0 amide bonds. The molecule has 0 saturated carbocycles. The number of carbonyl (C=O) groups is 1. The molecule has 9 rings (SSSR count). The Kier molecular flexibility index (Phi) is 15.0. The number of hydrogen-bond acceptors (Lipinski definition) is 3. The van der Waals surface area contributed by atoms with E-state index in [9.17, 15) is 4.79 Å². The third-order valence-corrected chi connectivity index (χ3v) is 13.0. The maximum absolute atomic E-state index is 12.3. The van der Waals surface area contributed by atoms with Crippen molar-refractivity contribution in [1.82, 2.24) is 9.97 Å². The molecular weight excluding hydrogens is 825 g/mol. The van der Waals surface area contributed by atoms with E-state index in [2.05, 4.69) is 202 Å². The average Bonchev–Trinajstić information content (AvgIpc) is 3.40. The molecule has 3 nitrogen and oxygen atoms in total. The van der Waals surface area contributed by atoms with E-state index in [1.165, 1.54) is 62.5 Å². The quantitative estimate of drug-likeness (QED) is 0.0462. The van der Waals surface area contributed by atoms with Gasteiger partial charge in [0.1, 0.15) is 6.29 Å². The molecule has 9 aromatic rings. The minimum Gasteiger partial charge on any atom is -0.298 e. The van der Waals surface area contributed by atoms with E-state index >= 15 is 0 Å². The van der Waals surface area contributed by atoms with Gasteiger partial charge in [-0.05, 0) is 136 Å². The van der Waals surface area contributed by atoms with Crippen LogP contribution in [-0.2, 0) is 12.8 Å². The molecule has 0 spiro atoms. The van der Waals surface area contributed by atoms with Crippen LogP contribution in [0.15, 0.2) is 176 Å². The van der Waals surface area contributed by atoms with E-state index < -0.39 is 0 Å². The number of rotatable bonds is 19. The fraction of sp³-hybridized carbons (Fsp3) is 0.185. The second kappa shape index (κ2) is 22.3. The topological polar surface area (TPSA) is 42.9 Å². The zero-order chi connectivity index (χ0) is 46.5. The van der Waals surface area contributed by atoms with Crippen molar-refractivity contribution in [3.63, 3.8) is 0 Å². The number of nitrogens with zero attached hydrogens (tertiary/aromatic N) is 2. The molecule has 0 aliphatic heterocycles. The lowest BCUT2D eigenvalue weighted by Crippen LogP contribution is -1.92. The van der Waals surface area contributed by atoms with E-state index in [4.69, 9.17) is 9.97 Å². The summed E-state index contributed by atoms with van der Waals surface area (Å²) >= 11 is 0.